The number of rotatable bonds is 6. The van der Waals surface area contributed by atoms with Crippen LogP contribution in [0.5, 0.6) is 0 Å². The fraction of sp³-hybridized carbons (Fsp3) is 0.152. The minimum atomic E-state index is -3.92. The maximum atomic E-state index is 14.1. The zero-order valence-corrected chi connectivity index (χ0v) is 24.5. The third-order valence-electron chi connectivity index (χ3n) is 7.52. The number of hydrogen-bond donors (Lipinski definition) is 0. The Balaban J connectivity index is 1.61. The molecule has 0 saturated carbocycles. The fourth-order valence-corrected chi connectivity index (χ4v) is 8.17. The van der Waals surface area contributed by atoms with Crippen molar-refractivity contribution in [1.29, 1.82) is 0 Å². The van der Waals surface area contributed by atoms with Crippen LogP contribution in [0.25, 0.3) is 16.5 Å². The second kappa shape index (κ2) is 10.4. The lowest BCUT2D eigenvalue weighted by Crippen LogP contribution is -2.35. The quantitative estimate of drug-likeness (QED) is 0.223. The van der Waals surface area contributed by atoms with Crippen molar-refractivity contribution in [2.45, 2.75) is 36.6 Å². The van der Waals surface area contributed by atoms with Gasteiger partial charge in [0, 0.05) is 23.9 Å². The Hall–Kier alpha value is -4.14. The average Bonchev–Trinajstić information content (AvgIpc) is 3.28. The summed E-state index contributed by atoms with van der Waals surface area (Å²) in [5.74, 6) is 0. The van der Waals surface area contributed by atoms with Crippen molar-refractivity contribution in [2.75, 3.05) is 10.8 Å². The Bertz CT molecular complexity index is 1990. The standard InChI is InChI=1S/C33H30N2O4S2/c1-24-12-16-28(17-13-24)40(36,37)23-27-20-21-35(41(38,39)29-18-14-25(2)15-19-29)33-30-10-6-7-11-31(30)34(32(27)33)22-26-8-4-3-5-9-26/h3-19,23H,20-22H2,1-2H3/b27-23+. The summed E-state index contributed by atoms with van der Waals surface area (Å²) in [5.41, 5.74) is 5.50. The number of nitrogens with zero attached hydrogens (tertiary/aromatic N) is 2. The highest BCUT2D eigenvalue weighted by Crippen LogP contribution is 2.45. The van der Waals surface area contributed by atoms with Crippen LogP contribution >= 0.6 is 0 Å². The summed E-state index contributed by atoms with van der Waals surface area (Å²) in [6.07, 6.45) is 0.244. The number of aryl methyl sites for hydroxylation is 2. The summed E-state index contributed by atoms with van der Waals surface area (Å²) in [6.45, 7) is 4.40. The molecule has 0 amide bonds. The van der Waals surface area contributed by atoms with E-state index >= 15 is 0 Å². The van der Waals surface area contributed by atoms with Crippen LogP contribution in [0.2, 0.25) is 0 Å². The summed E-state index contributed by atoms with van der Waals surface area (Å²) >= 11 is 0. The third kappa shape index (κ3) is 4.98. The number of para-hydroxylation sites is 1. The smallest absolute Gasteiger partial charge is 0.264 e. The van der Waals surface area contributed by atoms with Gasteiger partial charge < -0.3 is 4.57 Å². The van der Waals surface area contributed by atoms with Gasteiger partial charge in [0.25, 0.3) is 10.0 Å². The maximum absolute atomic E-state index is 14.1. The van der Waals surface area contributed by atoms with Crippen LogP contribution in [0.3, 0.4) is 0 Å². The molecular formula is C33H30N2O4S2. The van der Waals surface area contributed by atoms with E-state index in [1.54, 1.807) is 48.5 Å². The normalized spacial score (nSPS) is 14.9. The zero-order valence-electron chi connectivity index (χ0n) is 22.9. The molecule has 6 nitrogen and oxygen atoms in total. The van der Waals surface area contributed by atoms with Crippen molar-refractivity contribution < 1.29 is 16.8 Å². The molecule has 6 rings (SSSR count). The molecule has 0 radical (unpaired) electrons. The van der Waals surface area contributed by atoms with E-state index in [-0.39, 0.29) is 22.8 Å². The second-order valence-electron chi connectivity index (χ2n) is 10.4. The molecule has 5 aromatic rings. The lowest BCUT2D eigenvalue weighted by Gasteiger charge is -2.31. The van der Waals surface area contributed by atoms with Gasteiger partial charge in [0.15, 0.2) is 9.84 Å². The van der Waals surface area contributed by atoms with E-state index in [4.69, 9.17) is 0 Å². The summed E-state index contributed by atoms with van der Waals surface area (Å²) in [7, 11) is -7.72. The zero-order chi connectivity index (χ0) is 28.8. The molecule has 4 aromatic carbocycles. The number of sulfonamides is 1. The first-order chi connectivity index (χ1) is 19.6. The van der Waals surface area contributed by atoms with Gasteiger partial charge in [-0.2, -0.15) is 0 Å². The van der Waals surface area contributed by atoms with Crippen LogP contribution < -0.4 is 4.31 Å². The molecule has 0 unspecified atom stereocenters. The molecule has 0 saturated heterocycles. The second-order valence-corrected chi connectivity index (χ2v) is 14.1. The van der Waals surface area contributed by atoms with Crippen LogP contribution in [0, 0.1) is 13.8 Å². The Morgan fingerprint density at radius 1 is 0.707 bits per heavy atom. The van der Waals surface area contributed by atoms with Crippen molar-refractivity contribution in [1.82, 2.24) is 4.57 Å². The molecule has 1 aliphatic rings. The van der Waals surface area contributed by atoms with Crippen molar-refractivity contribution in [3.8, 4) is 0 Å². The lowest BCUT2D eigenvalue weighted by molar-refractivity contribution is 0.590. The molecule has 0 spiro atoms. The average molecular weight is 583 g/mol. The highest BCUT2D eigenvalue weighted by molar-refractivity contribution is 7.94. The van der Waals surface area contributed by atoms with Gasteiger partial charge in [-0.15, -0.1) is 0 Å². The molecule has 0 aliphatic carbocycles. The van der Waals surface area contributed by atoms with E-state index in [0.717, 1.165) is 27.6 Å². The lowest BCUT2D eigenvalue weighted by atomic mass is 10.0. The Morgan fingerprint density at radius 3 is 1.95 bits per heavy atom. The molecule has 41 heavy (non-hydrogen) atoms. The van der Waals surface area contributed by atoms with E-state index in [2.05, 4.69) is 0 Å². The predicted molar refractivity (Wildman–Crippen MR) is 164 cm³/mol. The van der Waals surface area contributed by atoms with E-state index < -0.39 is 19.9 Å². The van der Waals surface area contributed by atoms with Gasteiger partial charge in [-0.1, -0.05) is 83.9 Å². The molecule has 0 bridgehead atoms. The van der Waals surface area contributed by atoms with Crippen molar-refractivity contribution in [2.24, 2.45) is 0 Å². The Morgan fingerprint density at radius 2 is 1.29 bits per heavy atom. The fourth-order valence-electron chi connectivity index (χ4n) is 5.42. The molecule has 208 valence electrons. The van der Waals surface area contributed by atoms with Crippen molar-refractivity contribution >= 4 is 42.0 Å². The first-order valence-electron chi connectivity index (χ1n) is 13.4. The van der Waals surface area contributed by atoms with E-state index in [9.17, 15) is 16.8 Å². The highest BCUT2D eigenvalue weighted by atomic mass is 32.2. The molecular weight excluding hydrogens is 553 g/mol. The van der Waals surface area contributed by atoms with Gasteiger partial charge in [0.05, 0.1) is 26.7 Å². The van der Waals surface area contributed by atoms with Gasteiger partial charge in [-0.3, -0.25) is 4.31 Å². The molecule has 1 aliphatic heterocycles. The number of aromatic nitrogens is 1. The van der Waals surface area contributed by atoms with E-state index in [1.807, 2.05) is 73.0 Å². The van der Waals surface area contributed by atoms with Crippen LogP contribution in [0.1, 0.15) is 28.8 Å². The minimum Gasteiger partial charge on any atom is -0.334 e. The summed E-state index contributed by atoms with van der Waals surface area (Å²) < 4.78 is 58.9. The van der Waals surface area contributed by atoms with Crippen molar-refractivity contribution in [3.63, 3.8) is 0 Å². The van der Waals surface area contributed by atoms with Gasteiger partial charge >= 0.3 is 0 Å². The molecule has 0 fully saturated rings. The van der Waals surface area contributed by atoms with Crippen molar-refractivity contribution in [3.05, 3.63) is 131 Å². The topological polar surface area (TPSA) is 76.5 Å². The largest absolute Gasteiger partial charge is 0.334 e. The number of hydrogen-bond acceptors (Lipinski definition) is 4. The van der Waals surface area contributed by atoms with Crippen LogP contribution in [-0.4, -0.2) is 27.9 Å². The van der Waals surface area contributed by atoms with E-state index in [0.29, 0.717) is 23.5 Å². The van der Waals surface area contributed by atoms with E-state index in [1.165, 1.54) is 9.71 Å². The van der Waals surface area contributed by atoms with Gasteiger partial charge in [0.2, 0.25) is 0 Å². The first-order valence-corrected chi connectivity index (χ1v) is 16.4. The molecule has 8 heteroatoms. The predicted octanol–water partition coefficient (Wildman–Crippen LogP) is 6.72. The number of benzene rings is 4. The Kier molecular flexibility index (Phi) is 6.83. The minimum absolute atomic E-state index is 0.123. The maximum Gasteiger partial charge on any atom is 0.264 e. The summed E-state index contributed by atoms with van der Waals surface area (Å²) in [4.78, 5) is 0.409. The summed E-state index contributed by atoms with van der Waals surface area (Å²) in [6, 6.07) is 31.2. The molecule has 0 N–H and O–H groups in total. The molecule has 1 aromatic heterocycles. The third-order valence-corrected chi connectivity index (χ3v) is 10.9. The Labute approximate surface area is 241 Å². The number of anilines is 1. The van der Waals surface area contributed by atoms with Crippen LogP contribution in [0.15, 0.2) is 118 Å². The molecule has 2 heterocycles. The monoisotopic (exact) mass is 582 g/mol. The SMILES string of the molecule is Cc1ccc(S(=O)(=O)/C=C2\CCN(S(=O)(=O)c3ccc(C)cc3)c3c2n(Cc2ccccc2)c2ccccc32)cc1. The van der Waals surface area contributed by atoms with Gasteiger partial charge in [-0.25, -0.2) is 16.8 Å². The summed E-state index contributed by atoms with van der Waals surface area (Å²) in [5, 5.41) is 2.08. The number of fused-ring (bicyclic) bond motifs is 3. The van der Waals surface area contributed by atoms with Crippen LogP contribution in [-0.2, 0) is 26.4 Å². The first kappa shape index (κ1) is 27.1. The number of sulfone groups is 1. The van der Waals surface area contributed by atoms with Gasteiger partial charge in [-0.05, 0) is 61.7 Å². The molecule has 0 atom stereocenters. The van der Waals surface area contributed by atoms with Crippen LogP contribution in [0.4, 0.5) is 5.69 Å². The highest BCUT2D eigenvalue weighted by Gasteiger charge is 2.36. The van der Waals surface area contributed by atoms with Gasteiger partial charge in [0.1, 0.15) is 0 Å².